The van der Waals surface area contributed by atoms with Crippen molar-refractivity contribution in [1.29, 1.82) is 0 Å². The number of rotatable bonds is 7. The van der Waals surface area contributed by atoms with Gasteiger partial charge in [-0.25, -0.2) is 0 Å². The smallest absolute Gasteiger partial charge is 0.214 e. The molecule has 7 heteroatoms. The number of aryl methyl sites for hydroxylation is 1. The van der Waals surface area contributed by atoms with Crippen molar-refractivity contribution in [2.75, 3.05) is 12.4 Å². The van der Waals surface area contributed by atoms with Crippen LogP contribution < -0.4 is 0 Å². The molecule has 6 nitrogen and oxygen atoms in total. The molecule has 3 aromatic rings. The van der Waals surface area contributed by atoms with Gasteiger partial charge in [0.05, 0.1) is 24.5 Å². The number of ether oxygens (including phenoxy) is 1. The number of aliphatic hydroxyl groups is 1. The van der Waals surface area contributed by atoms with E-state index in [-0.39, 0.29) is 6.10 Å². The SMILES string of the molecule is O[C@@H](CO[C@H]1CCCc2ccccc21)CSc1nnnn1-c1ccccc1. The maximum absolute atomic E-state index is 10.4. The van der Waals surface area contributed by atoms with Crippen molar-refractivity contribution in [3.05, 3.63) is 65.7 Å². The van der Waals surface area contributed by atoms with Gasteiger partial charge in [-0.15, -0.1) is 5.10 Å². The third-order valence-electron chi connectivity index (χ3n) is 4.65. The van der Waals surface area contributed by atoms with E-state index in [0.29, 0.717) is 17.5 Å². The van der Waals surface area contributed by atoms with E-state index in [1.165, 1.54) is 22.9 Å². The van der Waals surface area contributed by atoms with E-state index in [4.69, 9.17) is 4.74 Å². The summed E-state index contributed by atoms with van der Waals surface area (Å²) in [6, 6.07) is 18.1. The summed E-state index contributed by atoms with van der Waals surface area (Å²) >= 11 is 1.43. The summed E-state index contributed by atoms with van der Waals surface area (Å²) in [6.07, 6.45) is 2.73. The summed E-state index contributed by atoms with van der Waals surface area (Å²) in [4.78, 5) is 0. The molecule has 140 valence electrons. The molecule has 1 heterocycles. The Bertz CT molecular complexity index is 871. The molecule has 1 N–H and O–H groups in total. The van der Waals surface area contributed by atoms with Crippen LogP contribution in [0, 0.1) is 0 Å². The topological polar surface area (TPSA) is 73.1 Å². The minimum atomic E-state index is -0.579. The summed E-state index contributed by atoms with van der Waals surface area (Å²) in [6.45, 7) is 0.304. The molecule has 0 spiro atoms. The quantitative estimate of drug-likeness (QED) is 0.633. The minimum absolute atomic E-state index is 0.0734. The molecule has 0 unspecified atom stereocenters. The Morgan fingerprint density at radius 2 is 1.96 bits per heavy atom. The molecule has 1 aliphatic carbocycles. The van der Waals surface area contributed by atoms with Gasteiger partial charge < -0.3 is 9.84 Å². The van der Waals surface area contributed by atoms with Crippen LogP contribution in [-0.4, -0.2) is 43.8 Å². The molecule has 1 aliphatic rings. The van der Waals surface area contributed by atoms with Crippen LogP contribution in [0.15, 0.2) is 59.8 Å². The summed E-state index contributed by atoms with van der Waals surface area (Å²) in [5.74, 6) is 0.474. The zero-order valence-corrected chi connectivity index (χ0v) is 15.8. The van der Waals surface area contributed by atoms with Gasteiger partial charge in [-0.1, -0.05) is 54.2 Å². The highest BCUT2D eigenvalue weighted by Crippen LogP contribution is 2.32. The Kier molecular flexibility index (Phi) is 5.81. The highest BCUT2D eigenvalue weighted by atomic mass is 32.2. The van der Waals surface area contributed by atoms with E-state index in [1.54, 1.807) is 4.68 Å². The maximum Gasteiger partial charge on any atom is 0.214 e. The van der Waals surface area contributed by atoms with Crippen LogP contribution >= 0.6 is 11.8 Å². The van der Waals surface area contributed by atoms with Crippen LogP contribution in [0.25, 0.3) is 5.69 Å². The molecule has 0 aliphatic heterocycles. The van der Waals surface area contributed by atoms with Gasteiger partial charge in [0.25, 0.3) is 0 Å². The van der Waals surface area contributed by atoms with Gasteiger partial charge in [-0.2, -0.15) is 4.68 Å². The molecule has 2 atom stereocenters. The second-order valence-corrected chi connectivity index (χ2v) is 7.57. The predicted molar refractivity (Wildman–Crippen MR) is 104 cm³/mol. The van der Waals surface area contributed by atoms with E-state index < -0.39 is 6.10 Å². The first kappa shape index (κ1) is 18.2. The molecule has 27 heavy (non-hydrogen) atoms. The molecular formula is C20H22N4O2S. The van der Waals surface area contributed by atoms with Crippen molar-refractivity contribution in [2.45, 2.75) is 36.6 Å². The lowest BCUT2D eigenvalue weighted by atomic mass is 9.89. The van der Waals surface area contributed by atoms with Crippen molar-refractivity contribution in [1.82, 2.24) is 20.2 Å². The number of hydrogen-bond acceptors (Lipinski definition) is 6. The van der Waals surface area contributed by atoms with Gasteiger partial charge in [0, 0.05) is 5.75 Å². The number of thioether (sulfide) groups is 1. The van der Waals surface area contributed by atoms with E-state index >= 15 is 0 Å². The third kappa shape index (κ3) is 4.37. The van der Waals surface area contributed by atoms with Gasteiger partial charge in [0.15, 0.2) is 0 Å². The van der Waals surface area contributed by atoms with Gasteiger partial charge in [-0.3, -0.25) is 0 Å². The van der Waals surface area contributed by atoms with E-state index in [1.807, 2.05) is 30.3 Å². The molecule has 1 aromatic heterocycles. The van der Waals surface area contributed by atoms with Crippen LogP contribution in [0.4, 0.5) is 0 Å². The highest BCUT2D eigenvalue weighted by molar-refractivity contribution is 7.99. The second kappa shape index (κ2) is 8.65. The lowest BCUT2D eigenvalue weighted by Gasteiger charge is -2.26. The molecule has 0 saturated carbocycles. The summed E-state index contributed by atoms with van der Waals surface area (Å²) < 4.78 is 7.71. The molecule has 0 amide bonds. The average molecular weight is 382 g/mol. The normalized spacial score (nSPS) is 17.4. The molecule has 0 bridgehead atoms. The number of para-hydroxylation sites is 1. The van der Waals surface area contributed by atoms with Crippen molar-refractivity contribution in [3.8, 4) is 5.69 Å². The van der Waals surface area contributed by atoms with E-state index in [2.05, 4.69) is 39.8 Å². The fourth-order valence-electron chi connectivity index (χ4n) is 3.33. The lowest BCUT2D eigenvalue weighted by Crippen LogP contribution is -2.22. The van der Waals surface area contributed by atoms with Crippen LogP contribution in [0.2, 0.25) is 0 Å². The van der Waals surface area contributed by atoms with Crippen molar-refractivity contribution < 1.29 is 9.84 Å². The van der Waals surface area contributed by atoms with Crippen LogP contribution in [0.1, 0.15) is 30.1 Å². The first-order chi connectivity index (χ1) is 13.3. The summed E-state index contributed by atoms with van der Waals surface area (Å²) in [5, 5.41) is 22.9. The Labute approximate surface area is 162 Å². The first-order valence-corrected chi connectivity index (χ1v) is 10.1. The van der Waals surface area contributed by atoms with Gasteiger partial charge >= 0.3 is 0 Å². The molecule has 0 radical (unpaired) electrons. The number of benzene rings is 2. The predicted octanol–water partition coefficient (Wildman–Crippen LogP) is 3.21. The summed E-state index contributed by atoms with van der Waals surface area (Å²) in [7, 11) is 0. The first-order valence-electron chi connectivity index (χ1n) is 9.15. The fraction of sp³-hybridized carbons (Fsp3) is 0.350. The van der Waals surface area contributed by atoms with Crippen molar-refractivity contribution in [2.24, 2.45) is 0 Å². The second-order valence-electron chi connectivity index (χ2n) is 6.59. The fourth-order valence-corrected chi connectivity index (χ4v) is 4.12. The standard InChI is InChI=1S/C20H22N4O2S/c25-17(13-26-19-12-6-8-15-7-4-5-11-18(15)19)14-27-20-21-22-23-24(20)16-9-2-1-3-10-16/h1-5,7,9-11,17,19,25H,6,8,12-14H2/t17-,19-/m0/s1. The monoisotopic (exact) mass is 382 g/mol. The third-order valence-corrected chi connectivity index (χ3v) is 5.71. The van der Waals surface area contributed by atoms with Crippen LogP contribution in [0.5, 0.6) is 0 Å². The maximum atomic E-state index is 10.4. The molecular weight excluding hydrogens is 360 g/mol. The Morgan fingerprint density at radius 3 is 2.85 bits per heavy atom. The zero-order chi connectivity index (χ0) is 18.5. The van der Waals surface area contributed by atoms with Crippen molar-refractivity contribution >= 4 is 11.8 Å². The molecule has 0 fully saturated rings. The molecule has 4 rings (SSSR count). The van der Waals surface area contributed by atoms with Crippen LogP contribution in [-0.2, 0) is 11.2 Å². The number of aliphatic hydroxyl groups excluding tert-OH is 1. The van der Waals surface area contributed by atoms with Gasteiger partial charge in [0.1, 0.15) is 0 Å². The number of tetrazole rings is 1. The van der Waals surface area contributed by atoms with E-state index in [9.17, 15) is 5.11 Å². The summed E-state index contributed by atoms with van der Waals surface area (Å²) in [5.41, 5.74) is 3.52. The Hall–Kier alpha value is -2.22. The lowest BCUT2D eigenvalue weighted by molar-refractivity contribution is -0.00960. The zero-order valence-electron chi connectivity index (χ0n) is 14.9. The number of nitrogens with zero attached hydrogens (tertiary/aromatic N) is 4. The Morgan fingerprint density at radius 1 is 1.15 bits per heavy atom. The van der Waals surface area contributed by atoms with E-state index in [0.717, 1.165) is 24.9 Å². The van der Waals surface area contributed by atoms with Crippen molar-refractivity contribution in [3.63, 3.8) is 0 Å². The molecule has 0 saturated heterocycles. The van der Waals surface area contributed by atoms with Gasteiger partial charge in [0.2, 0.25) is 5.16 Å². The largest absolute Gasteiger partial charge is 0.390 e. The Balaban J connectivity index is 1.32. The molecule has 2 aromatic carbocycles. The van der Waals surface area contributed by atoms with Crippen LogP contribution in [0.3, 0.4) is 0 Å². The number of hydrogen-bond donors (Lipinski definition) is 1. The highest BCUT2D eigenvalue weighted by Gasteiger charge is 2.21. The number of aromatic nitrogens is 4. The van der Waals surface area contributed by atoms with Gasteiger partial charge in [-0.05, 0) is 52.9 Å². The number of fused-ring (bicyclic) bond motifs is 1. The average Bonchev–Trinajstić information content (AvgIpc) is 3.20. The minimum Gasteiger partial charge on any atom is -0.390 e.